The molecule has 0 spiro atoms. The Hall–Kier alpha value is -2.02. The van der Waals surface area contributed by atoms with Crippen LogP contribution in [0.3, 0.4) is 0 Å². The molecule has 1 N–H and O–H groups in total. The third-order valence-corrected chi connectivity index (χ3v) is 8.13. The molecule has 1 aliphatic heterocycles. The third-order valence-electron chi connectivity index (χ3n) is 8.13. The number of carbonyl (C=O) groups is 3. The molecule has 188 valence electrons. The van der Waals surface area contributed by atoms with Crippen molar-refractivity contribution in [2.75, 3.05) is 13.1 Å². The molecule has 0 aromatic heterocycles. The van der Waals surface area contributed by atoms with E-state index in [1.54, 1.807) is 6.07 Å². The summed E-state index contributed by atoms with van der Waals surface area (Å²) in [5, 5.41) is 3.28. The Labute approximate surface area is 200 Å². The van der Waals surface area contributed by atoms with Crippen molar-refractivity contribution < 1.29 is 27.6 Å². The van der Waals surface area contributed by atoms with Gasteiger partial charge in [0.25, 0.3) is 0 Å². The van der Waals surface area contributed by atoms with Crippen LogP contribution in [0.2, 0.25) is 0 Å². The van der Waals surface area contributed by atoms with Crippen molar-refractivity contribution in [1.82, 2.24) is 5.32 Å². The highest BCUT2D eigenvalue weighted by atomic mass is 19.4. The van der Waals surface area contributed by atoms with E-state index in [2.05, 4.69) is 5.32 Å². The molecule has 1 saturated carbocycles. The maximum Gasteiger partial charge on any atom is 0.416 e. The summed E-state index contributed by atoms with van der Waals surface area (Å²) in [6.07, 6.45) is 2.27. The van der Waals surface area contributed by atoms with Crippen molar-refractivity contribution in [2.24, 2.45) is 29.1 Å². The Morgan fingerprint density at radius 2 is 1.94 bits per heavy atom. The van der Waals surface area contributed by atoms with Crippen molar-refractivity contribution in [3.63, 3.8) is 0 Å². The Morgan fingerprint density at radius 1 is 1.21 bits per heavy atom. The number of alkyl halides is 3. The second-order valence-electron chi connectivity index (χ2n) is 10.7. The SMILES string of the molecule is CC(C)(C1CC(CCCC(=O)C2CCCNC2)C1)C(Cc1cccc(C(F)(F)F)c1)C(=O)C=O. The molecular formula is C27H36F3NO3. The molecule has 34 heavy (non-hydrogen) atoms. The number of aldehydes is 1. The van der Waals surface area contributed by atoms with Gasteiger partial charge in [-0.3, -0.25) is 14.4 Å². The smallest absolute Gasteiger partial charge is 0.316 e. The minimum atomic E-state index is -4.45. The summed E-state index contributed by atoms with van der Waals surface area (Å²) in [4.78, 5) is 36.3. The van der Waals surface area contributed by atoms with Crippen molar-refractivity contribution in [3.05, 3.63) is 35.4 Å². The van der Waals surface area contributed by atoms with Gasteiger partial charge in [0.2, 0.25) is 0 Å². The van der Waals surface area contributed by atoms with E-state index in [4.69, 9.17) is 0 Å². The fourth-order valence-corrected chi connectivity index (χ4v) is 5.68. The molecule has 1 heterocycles. The van der Waals surface area contributed by atoms with E-state index in [1.807, 2.05) is 13.8 Å². The molecule has 7 heteroatoms. The monoisotopic (exact) mass is 479 g/mol. The second-order valence-corrected chi connectivity index (χ2v) is 10.7. The zero-order chi connectivity index (χ0) is 24.9. The number of nitrogens with one attached hydrogen (secondary N) is 1. The van der Waals surface area contributed by atoms with Gasteiger partial charge in [0.15, 0.2) is 12.1 Å². The topological polar surface area (TPSA) is 63.2 Å². The normalized spacial score (nSPS) is 24.2. The van der Waals surface area contributed by atoms with Gasteiger partial charge in [-0.1, -0.05) is 38.5 Å². The summed E-state index contributed by atoms with van der Waals surface area (Å²) < 4.78 is 39.3. The van der Waals surface area contributed by atoms with E-state index >= 15 is 0 Å². The van der Waals surface area contributed by atoms with Crippen LogP contribution in [0.25, 0.3) is 0 Å². The lowest BCUT2D eigenvalue weighted by Crippen LogP contribution is -2.44. The lowest BCUT2D eigenvalue weighted by atomic mass is 9.55. The highest BCUT2D eigenvalue weighted by Gasteiger charge is 2.46. The van der Waals surface area contributed by atoms with Gasteiger partial charge in [0.1, 0.15) is 5.78 Å². The van der Waals surface area contributed by atoms with Gasteiger partial charge >= 0.3 is 6.18 Å². The summed E-state index contributed by atoms with van der Waals surface area (Å²) in [6.45, 7) is 5.68. The molecule has 0 bridgehead atoms. The predicted octanol–water partition coefficient (Wildman–Crippen LogP) is 5.42. The van der Waals surface area contributed by atoms with Crippen LogP contribution in [-0.4, -0.2) is 30.9 Å². The van der Waals surface area contributed by atoms with Crippen LogP contribution in [0.5, 0.6) is 0 Å². The van der Waals surface area contributed by atoms with E-state index in [0.717, 1.165) is 63.7 Å². The highest BCUT2D eigenvalue weighted by Crippen LogP contribution is 2.51. The second kappa shape index (κ2) is 11.1. The minimum absolute atomic E-state index is 0.111. The van der Waals surface area contributed by atoms with Crippen LogP contribution in [0.1, 0.15) is 69.9 Å². The van der Waals surface area contributed by atoms with Crippen molar-refractivity contribution in [3.8, 4) is 0 Å². The minimum Gasteiger partial charge on any atom is -0.316 e. The number of benzene rings is 1. The average molecular weight is 480 g/mol. The maximum atomic E-state index is 13.1. The molecular weight excluding hydrogens is 443 g/mol. The Kier molecular flexibility index (Phi) is 8.72. The summed E-state index contributed by atoms with van der Waals surface area (Å²) in [5.74, 6) is -0.0242. The van der Waals surface area contributed by atoms with Crippen molar-refractivity contribution in [1.29, 1.82) is 0 Å². The van der Waals surface area contributed by atoms with E-state index in [-0.39, 0.29) is 18.3 Å². The standard InChI is InChI=1S/C27H36F3NO3/c1-26(2,22-13-18(14-22)7-4-10-24(33)20-8-5-11-31-16-20)23(25(34)17-32)15-19-6-3-9-21(12-19)27(28,29)30/h3,6,9,12,17-18,20,22-23,31H,4-5,7-8,10-11,13-16H2,1-2H3. The molecule has 3 rings (SSSR count). The molecule has 1 aliphatic carbocycles. The molecule has 0 radical (unpaired) electrons. The van der Waals surface area contributed by atoms with Gasteiger partial charge in [0, 0.05) is 24.8 Å². The van der Waals surface area contributed by atoms with Crippen LogP contribution in [0.4, 0.5) is 13.2 Å². The summed E-state index contributed by atoms with van der Waals surface area (Å²) in [5.41, 5.74) is -0.844. The number of Topliss-reactive ketones (excluding diaryl/α,β-unsaturated/α-hetero) is 2. The molecule has 1 saturated heterocycles. The zero-order valence-corrected chi connectivity index (χ0v) is 20.1. The Morgan fingerprint density at radius 3 is 2.56 bits per heavy atom. The van der Waals surface area contributed by atoms with Crippen LogP contribution in [-0.2, 0) is 27.0 Å². The number of halogens is 3. The summed E-state index contributed by atoms with van der Waals surface area (Å²) >= 11 is 0. The van der Waals surface area contributed by atoms with Crippen LogP contribution < -0.4 is 5.32 Å². The van der Waals surface area contributed by atoms with Gasteiger partial charge in [-0.15, -0.1) is 0 Å². The fourth-order valence-electron chi connectivity index (χ4n) is 5.68. The molecule has 2 aliphatic rings. The maximum absolute atomic E-state index is 13.1. The lowest BCUT2D eigenvalue weighted by Gasteiger charge is -2.49. The van der Waals surface area contributed by atoms with Crippen LogP contribution in [0, 0.1) is 29.1 Å². The average Bonchev–Trinajstić information content (AvgIpc) is 2.78. The molecule has 2 unspecified atom stereocenters. The van der Waals surface area contributed by atoms with Crippen LogP contribution in [0.15, 0.2) is 24.3 Å². The number of piperidine rings is 1. The first-order valence-corrected chi connectivity index (χ1v) is 12.4. The number of hydrogen-bond donors (Lipinski definition) is 1. The molecule has 1 aromatic rings. The number of ketones is 2. The van der Waals surface area contributed by atoms with Gasteiger partial charge in [-0.25, -0.2) is 0 Å². The molecule has 2 atom stereocenters. The first-order chi connectivity index (χ1) is 16.0. The molecule has 4 nitrogen and oxygen atoms in total. The van der Waals surface area contributed by atoms with Gasteiger partial charge in [-0.2, -0.15) is 13.2 Å². The first kappa shape index (κ1) is 26.6. The van der Waals surface area contributed by atoms with E-state index in [0.29, 0.717) is 30.0 Å². The lowest BCUT2D eigenvalue weighted by molar-refractivity contribution is -0.138. The van der Waals surface area contributed by atoms with Gasteiger partial charge < -0.3 is 5.32 Å². The zero-order valence-electron chi connectivity index (χ0n) is 20.1. The van der Waals surface area contributed by atoms with E-state index in [9.17, 15) is 27.6 Å². The van der Waals surface area contributed by atoms with Crippen LogP contribution >= 0.6 is 0 Å². The Balaban J connectivity index is 1.55. The summed E-state index contributed by atoms with van der Waals surface area (Å²) in [6, 6.07) is 5.01. The van der Waals surface area contributed by atoms with Crippen molar-refractivity contribution in [2.45, 2.75) is 71.4 Å². The largest absolute Gasteiger partial charge is 0.416 e. The summed E-state index contributed by atoms with van der Waals surface area (Å²) in [7, 11) is 0. The quantitative estimate of drug-likeness (QED) is 0.340. The molecule has 2 fully saturated rings. The molecule has 0 amide bonds. The Bertz CT molecular complexity index is 868. The van der Waals surface area contributed by atoms with Crippen molar-refractivity contribution >= 4 is 17.9 Å². The highest BCUT2D eigenvalue weighted by molar-refractivity contribution is 6.26. The number of hydrogen-bond acceptors (Lipinski definition) is 4. The van der Waals surface area contributed by atoms with Gasteiger partial charge in [0.05, 0.1) is 5.56 Å². The predicted molar refractivity (Wildman–Crippen MR) is 124 cm³/mol. The first-order valence-electron chi connectivity index (χ1n) is 12.4. The fraction of sp³-hybridized carbons (Fsp3) is 0.667. The van der Waals surface area contributed by atoms with E-state index in [1.165, 1.54) is 6.07 Å². The van der Waals surface area contributed by atoms with E-state index < -0.39 is 28.9 Å². The molecule has 1 aromatic carbocycles. The number of rotatable bonds is 11. The third kappa shape index (κ3) is 6.55. The van der Waals surface area contributed by atoms with Gasteiger partial charge in [-0.05, 0) is 74.0 Å². The number of carbonyl (C=O) groups excluding carboxylic acids is 3.